The van der Waals surface area contributed by atoms with E-state index in [1.807, 2.05) is 0 Å². The zero-order valence-corrected chi connectivity index (χ0v) is 11.4. The smallest absolute Gasteiger partial charge is 0.0294 e. The molecule has 2 rings (SSSR count). The van der Waals surface area contributed by atoms with Gasteiger partial charge in [-0.1, -0.05) is 36.6 Å². The van der Waals surface area contributed by atoms with Crippen LogP contribution in [0.2, 0.25) is 0 Å². The molecule has 1 N–H and O–H groups in total. The van der Waals surface area contributed by atoms with Gasteiger partial charge in [0.2, 0.25) is 0 Å². The molecule has 0 spiro atoms. The van der Waals surface area contributed by atoms with Gasteiger partial charge in [-0.15, -0.1) is 0 Å². The summed E-state index contributed by atoms with van der Waals surface area (Å²) >= 11 is 0. The highest BCUT2D eigenvalue weighted by Crippen LogP contribution is 2.25. The Bertz CT molecular complexity index is 364. The predicted molar refractivity (Wildman–Crippen MR) is 74.3 cm³/mol. The Balaban J connectivity index is 1.91. The maximum atomic E-state index is 3.70. The molecule has 0 aromatic heterocycles. The molecule has 1 saturated carbocycles. The van der Waals surface area contributed by atoms with Crippen LogP contribution in [0.3, 0.4) is 0 Å². The Kier molecular flexibility index (Phi) is 4.22. The number of rotatable bonds is 4. The van der Waals surface area contributed by atoms with E-state index < -0.39 is 0 Å². The fourth-order valence-corrected chi connectivity index (χ4v) is 2.98. The van der Waals surface area contributed by atoms with E-state index >= 15 is 0 Å². The van der Waals surface area contributed by atoms with Gasteiger partial charge in [0.1, 0.15) is 0 Å². The monoisotopic (exact) mass is 231 g/mol. The third kappa shape index (κ3) is 3.32. The molecule has 0 heterocycles. The van der Waals surface area contributed by atoms with Crippen LogP contribution in [0.5, 0.6) is 0 Å². The summed E-state index contributed by atoms with van der Waals surface area (Å²) < 4.78 is 0. The zero-order valence-electron chi connectivity index (χ0n) is 11.4. The van der Waals surface area contributed by atoms with E-state index in [1.54, 1.807) is 0 Å². The first-order valence-corrected chi connectivity index (χ1v) is 6.97. The highest BCUT2D eigenvalue weighted by atomic mass is 14.9. The van der Waals surface area contributed by atoms with Gasteiger partial charge in [-0.3, -0.25) is 0 Å². The molecule has 1 aliphatic rings. The van der Waals surface area contributed by atoms with E-state index in [0.29, 0.717) is 6.04 Å². The van der Waals surface area contributed by atoms with Crippen molar-refractivity contribution in [1.29, 1.82) is 0 Å². The molecule has 0 saturated heterocycles. The SMILES string of the molecule is Cc1ccc(C(C)NCC2CCCC2)c(C)c1. The molecule has 94 valence electrons. The standard InChI is InChI=1S/C16H25N/c1-12-8-9-16(13(2)10-12)14(3)17-11-15-6-4-5-7-15/h8-10,14-15,17H,4-7,11H2,1-3H3. The van der Waals surface area contributed by atoms with Crippen LogP contribution in [0.25, 0.3) is 0 Å². The van der Waals surface area contributed by atoms with Gasteiger partial charge in [0.25, 0.3) is 0 Å². The summed E-state index contributed by atoms with van der Waals surface area (Å²) in [5.41, 5.74) is 4.22. The van der Waals surface area contributed by atoms with Gasteiger partial charge in [0.15, 0.2) is 0 Å². The summed E-state index contributed by atoms with van der Waals surface area (Å²) in [4.78, 5) is 0. The largest absolute Gasteiger partial charge is 0.310 e. The maximum Gasteiger partial charge on any atom is 0.0294 e. The molecule has 1 aromatic carbocycles. The molecule has 1 nitrogen and oxygen atoms in total. The lowest BCUT2D eigenvalue weighted by Gasteiger charge is -2.19. The average Bonchev–Trinajstić information content (AvgIpc) is 2.78. The van der Waals surface area contributed by atoms with Gasteiger partial charge in [-0.2, -0.15) is 0 Å². The van der Waals surface area contributed by atoms with Gasteiger partial charge in [0, 0.05) is 6.04 Å². The van der Waals surface area contributed by atoms with E-state index in [1.165, 1.54) is 48.9 Å². The summed E-state index contributed by atoms with van der Waals surface area (Å²) in [5, 5.41) is 3.70. The van der Waals surface area contributed by atoms with Crippen molar-refractivity contribution in [1.82, 2.24) is 5.32 Å². The summed E-state index contributed by atoms with van der Waals surface area (Å²) in [6.45, 7) is 7.85. The second kappa shape index (κ2) is 5.68. The molecule has 1 fully saturated rings. The van der Waals surface area contributed by atoms with Crippen molar-refractivity contribution in [2.24, 2.45) is 5.92 Å². The lowest BCUT2D eigenvalue weighted by Crippen LogP contribution is -2.25. The minimum atomic E-state index is 0.483. The Morgan fingerprint density at radius 1 is 1.24 bits per heavy atom. The van der Waals surface area contributed by atoms with Crippen LogP contribution in [0.15, 0.2) is 18.2 Å². The van der Waals surface area contributed by atoms with Gasteiger partial charge in [0.05, 0.1) is 0 Å². The highest BCUT2D eigenvalue weighted by Gasteiger charge is 2.16. The Hall–Kier alpha value is -0.820. The first-order valence-electron chi connectivity index (χ1n) is 6.97. The fraction of sp³-hybridized carbons (Fsp3) is 0.625. The van der Waals surface area contributed by atoms with Crippen molar-refractivity contribution >= 4 is 0 Å². The summed E-state index contributed by atoms with van der Waals surface area (Å²) in [5.74, 6) is 0.920. The molecule has 0 aliphatic heterocycles. The van der Waals surface area contributed by atoms with Crippen LogP contribution >= 0.6 is 0 Å². The van der Waals surface area contributed by atoms with E-state index in [9.17, 15) is 0 Å². The minimum absolute atomic E-state index is 0.483. The maximum absolute atomic E-state index is 3.70. The number of hydrogen-bond acceptors (Lipinski definition) is 1. The third-order valence-electron chi connectivity index (χ3n) is 4.08. The Morgan fingerprint density at radius 2 is 1.94 bits per heavy atom. The molecule has 1 unspecified atom stereocenters. The molecule has 1 atom stereocenters. The van der Waals surface area contributed by atoms with Gasteiger partial charge < -0.3 is 5.32 Å². The van der Waals surface area contributed by atoms with Crippen LogP contribution in [0.1, 0.15) is 55.3 Å². The first kappa shape index (κ1) is 12.6. The Morgan fingerprint density at radius 3 is 2.59 bits per heavy atom. The predicted octanol–water partition coefficient (Wildman–Crippen LogP) is 4.14. The molecule has 0 bridgehead atoms. The van der Waals surface area contributed by atoms with E-state index in [4.69, 9.17) is 0 Å². The first-order chi connectivity index (χ1) is 8.16. The quantitative estimate of drug-likeness (QED) is 0.821. The van der Waals surface area contributed by atoms with Crippen LogP contribution < -0.4 is 5.32 Å². The van der Waals surface area contributed by atoms with E-state index in [2.05, 4.69) is 44.3 Å². The lowest BCUT2D eigenvalue weighted by atomic mass is 9.99. The van der Waals surface area contributed by atoms with Crippen LogP contribution in [-0.4, -0.2) is 6.54 Å². The third-order valence-corrected chi connectivity index (χ3v) is 4.08. The van der Waals surface area contributed by atoms with Crippen LogP contribution in [0.4, 0.5) is 0 Å². The molecule has 17 heavy (non-hydrogen) atoms. The van der Waals surface area contributed by atoms with Gasteiger partial charge >= 0.3 is 0 Å². The lowest BCUT2D eigenvalue weighted by molar-refractivity contribution is 0.452. The second-order valence-corrected chi connectivity index (χ2v) is 5.64. The van der Waals surface area contributed by atoms with Crippen molar-refractivity contribution < 1.29 is 0 Å². The molecule has 1 heteroatoms. The number of benzene rings is 1. The van der Waals surface area contributed by atoms with Crippen molar-refractivity contribution in [3.05, 3.63) is 34.9 Å². The van der Waals surface area contributed by atoms with Crippen molar-refractivity contribution in [3.8, 4) is 0 Å². The summed E-state index contributed by atoms with van der Waals surface area (Å²) in [7, 11) is 0. The number of nitrogens with one attached hydrogen (secondary N) is 1. The minimum Gasteiger partial charge on any atom is -0.310 e. The molecule has 1 aromatic rings. The van der Waals surface area contributed by atoms with E-state index in [0.717, 1.165) is 5.92 Å². The normalized spacial score (nSPS) is 18.5. The number of hydrogen-bond donors (Lipinski definition) is 1. The summed E-state index contributed by atoms with van der Waals surface area (Å²) in [6, 6.07) is 7.26. The highest BCUT2D eigenvalue weighted by molar-refractivity contribution is 5.32. The molecule has 0 radical (unpaired) electrons. The van der Waals surface area contributed by atoms with E-state index in [-0.39, 0.29) is 0 Å². The topological polar surface area (TPSA) is 12.0 Å². The summed E-state index contributed by atoms with van der Waals surface area (Å²) in [6.07, 6.45) is 5.72. The second-order valence-electron chi connectivity index (χ2n) is 5.64. The Labute approximate surface area is 106 Å². The van der Waals surface area contributed by atoms with Gasteiger partial charge in [-0.05, 0) is 57.2 Å². The van der Waals surface area contributed by atoms with Crippen LogP contribution in [0, 0.1) is 19.8 Å². The number of aryl methyl sites for hydroxylation is 2. The molecule has 0 amide bonds. The van der Waals surface area contributed by atoms with Crippen molar-refractivity contribution in [2.45, 2.75) is 52.5 Å². The molecular weight excluding hydrogens is 206 g/mol. The fourth-order valence-electron chi connectivity index (χ4n) is 2.98. The molecule has 1 aliphatic carbocycles. The van der Waals surface area contributed by atoms with Gasteiger partial charge in [-0.25, -0.2) is 0 Å². The zero-order chi connectivity index (χ0) is 12.3. The molecular formula is C16H25N. The van der Waals surface area contributed by atoms with Crippen molar-refractivity contribution in [3.63, 3.8) is 0 Å². The van der Waals surface area contributed by atoms with Crippen LogP contribution in [-0.2, 0) is 0 Å². The average molecular weight is 231 g/mol. The van der Waals surface area contributed by atoms with Crippen molar-refractivity contribution in [2.75, 3.05) is 6.54 Å².